The van der Waals surface area contributed by atoms with Gasteiger partial charge >= 0.3 is 0 Å². The minimum absolute atomic E-state index is 0.353. The van der Waals surface area contributed by atoms with Crippen LogP contribution in [0.25, 0.3) is 0 Å². The van der Waals surface area contributed by atoms with Crippen LogP contribution in [-0.4, -0.2) is 13.7 Å². The summed E-state index contributed by atoms with van der Waals surface area (Å²) in [6, 6.07) is 8.17. The third kappa shape index (κ3) is 3.16. The lowest BCUT2D eigenvalue weighted by Crippen LogP contribution is -2.20. The number of rotatable bonds is 4. The van der Waals surface area contributed by atoms with Crippen LogP contribution in [0.1, 0.15) is 19.4 Å². The number of nitriles is 1. The van der Waals surface area contributed by atoms with Gasteiger partial charge in [-0.1, -0.05) is 0 Å². The lowest BCUT2D eigenvalue weighted by atomic mass is 9.96. The summed E-state index contributed by atoms with van der Waals surface area (Å²) in [7, 11) is 1.66. The van der Waals surface area contributed by atoms with Crippen LogP contribution in [0.15, 0.2) is 18.2 Å². The summed E-state index contributed by atoms with van der Waals surface area (Å²) in [6.07, 6.45) is 0. The zero-order valence-electron chi connectivity index (χ0n) is 10.3. The normalized spacial score (nSPS) is 10.7. The maximum absolute atomic E-state index is 8.90. The van der Waals surface area contributed by atoms with Crippen molar-refractivity contribution in [3.63, 3.8) is 0 Å². The molecule has 0 aliphatic heterocycles. The Morgan fingerprint density at radius 2 is 2.12 bits per heavy atom. The van der Waals surface area contributed by atoms with Gasteiger partial charge in [-0.15, -0.1) is 0 Å². The Kier molecular flexibility index (Phi) is 3.78. The maximum atomic E-state index is 8.90. The molecule has 86 valence electrons. The van der Waals surface area contributed by atoms with E-state index in [1.807, 2.05) is 39.0 Å². The molecular weight excluding hydrogens is 200 g/mol. The van der Waals surface area contributed by atoms with Gasteiger partial charge in [0.05, 0.1) is 18.6 Å². The Labute approximate surface area is 97.0 Å². The average Bonchev–Trinajstić information content (AvgIpc) is 2.27. The van der Waals surface area contributed by atoms with E-state index >= 15 is 0 Å². The molecule has 0 aliphatic rings. The number of ether oxygens (including phenoxy) is 1. The van der Waals surface area contributed by atoms with Crippen LogP contribution < -0.4 is 10.1 Å². The highest BCUT2D eigenvalue weighted by molar-refractivity contribution is 5.51. The Balaban J connectivity index is 2.70. The first-order chi connectivity index (χ1) is 7.48. The van der Waals surface area contributed by atoms with Crippen LogP contribution in [0.4, 0.5) is 5.69 Å². The number of nitrogens with zero attached hydrogens (tertiary/aromatic N) is 1. The van der Waals surface area contributed by atoms with Gasteiger partial charge < -0.3 is 10.1 Å². The quantitative estimate of drug-likeness (QED) is 0.845. The average molecular weight is 218 g/mol. The molecule has 0 saturated carbocycles. The van der Waals surface area contributed by atoms with Crippen molar-refractivity contribution in [3.8, 4) is 11.8 Å². The van der Waals surface area contributed by atoms with Gasteiger partial charge in [0.25, 0.3) is 0 Å². The van der Waals surface area contributed by atoms with Gasteiger partial charge in [-0.25, -0.2) is 0 Å². The van der Waals surface area contributed by atoms with Gasteiger partial charge in [0, 0.05) is 12.2 Å². The Bertz CT molecular complexity index is 405. The Morgan fingerprint density at radius 3 is 2.62 bits per heavy atom. The molecule has 3 heteroatoms. The summed E-state index contributed by atoms with van der Waals surface area (Å²) in [6.45, 7) is 6.46. The number of methoxy groups -OCH3 is 1. The lowest BCUT2D eigenvalue weighted by molar-refractivity contribution is 0.412. The standard InChI is InChI=1S/C13H18N2O/c1-10-7-11(5-6-12(10)16-4)15-9-13(2,3)8-14/h5-7,15H,9H2,1-4H3. The Hall–Kier alpha value is -1.69. The van der Waals surface area contributed by atoms with Crippen LogP contribution in [0.5, 0.6) is 5.75 Å². The fraction of sp³-hybridized carbons (Fsp3) is 0.462. The first kappa shape index (κ1) is 12.4. The second kappa shape index (κ2) is 4.89. The van der Waals surface area contributed by atoms with Crippen molar-refractivity contribution in [1.29, 1.82) is 5.26 Å². The van der Waals surface area contributed by atoms with Gasteiger partial charge in [0.1, 0.15) is 5.75 Å². The minimum Gasteiger partial charge on any atom is -0.496 e. The first-order valence-corrected chi connectivity index (χ1v) is 5.28. The molecule has 1 N–H and O–H groups in total. The summed E-state index contributed by atoms with van der Waals surface area (Å²) in [5.74, 6) is 0.880. The fourth-order valence-corrected chi connectivity index (χ4v) is 1.35. The zero-order valence-corrected chi connectivity index (χ0v) is 10.3. The topological polar surface area (TPSA) is 45.0 Å². The number of aryl methyl sites for hydroxylation is 1. The van der Waals surface area contributed by atoms with Crippen molar-refractivity contribution in [2.75, 3.05) is 19.0 Å². The summed E-state index contributed by atoms with van der Waals surface area (Å²) in [4.78, 5) is 0. The van der Waals surface area contributed by atoms with Crippen LogP contribution in [0, 0.1) is 23.7 Å². The monoisotopic (exact) mass is 218 g/mol. The molecule has 3 nitrogen and oxygen atoms in total. The molecule has 0 saturated heterocycles. The molecule has 1 aromatic rings. The highest BCUT2D eigenvalue weighted by Gasteiger charge is 2.15. The van der Waals surface area contributed by atoms with Crippen molar-refractivity contribution >= 4 is 5.69 Å². The molecule has 0 aliphatic carbocycles. The molecule has 0 bridgehead atoms. The van der Waals surface area contributed by atoms with E-state index in [-0.39, 0.29) is 5.41 Å². The van der Waals surface area contributed by atoms with Crippen LogP contribution in [-0.2, 0) is 0 Å². The predicted octanol–water partition coefficient (Wildman–Crippen LogP) is 2.97. The largest absolute Gasteiger partial charge is 0.496 e. The first-order valence-electron chi connectivity index (χ1n) is 5.28. The number of benzene rings is 1. The van der Waals surface area contributed by atoms with E-state index in [0.29, 0.717) is 6.54 Å². The van der Waals surface area contributed by atoms with Crippen LogP contribution in [0.2, 0.25) is 0 Å². The smallest absolute Gasteiger partial charge is 0.121 e. The number of hydrogen-bond acceptors (Lipinski definition) is 3. The van der Waals surface area contributed by atoms with Crippen molar-refractivity contribution in [2.24, 2.45) is 5.41 Å². The second-order valence-corrected chi connectivity index (χ2v) is 4.53. The van der Waals surface area contributed by atoms with E-state index in [0.717, 1.165) is 17.0 Å². The van der Waals surface area contributed by atoms with Gasteiger partial charge in [0.15, 0.2) is 0 Å². The molecule has 0 atom stereocenters. The third-order valence-corrected chi connectivity index (χ3v) is 2.43. The fourth-order valence-electron chi connectivity index (χ4n) is 1.35. The van der Waals surface area contributed by atoms with E-state index in [2.05, 4.69) is 11.4 Å². The molecule has 1 aromatic carbocycles. The van der Waals surface area contributed by atoms with E-state index < -0.39 is 0 Å². The summed E-state index contributed by atoms with van der Waals surface area (Å²) in [5, 5.41) is 12.1. The SMILES string of the molecule is COc1ccc(NCC(C)(C)C#N)cc1C. The zero-order chi connectivity index (χ0) is 12.2. The summed E-state index contributed by atoms with van der Waals surface area (Å²) >= 11 is 0. The molecule has 0 amide bonds. The Morgan fingerprint density at radius 1 is 1.44 bits per heavy atom. The van der Waals surface area contributed by atoms with E-state index in [4.69, 9.17) is 10.00 Å². The molecule has 16 heavy (non-hydrogen) atoms. The van der Waals surface area contributed by atoms with E-state index in [1.54, 1.807) is 7.11 Å². The van der Waals surface area contributed by atoms with Gasteiger partial charge in [-0.2, -0.15) is 5.26 Å². The van der Waals surface area contributed by atoms with Crippen molar-refractivity contribution < 1.29 is 4.74 Å². The molecule has 0 radical (unpaired) electrons. The molecule has 0 heterocycles. The maximum Gasteiger partial charge on any atom is 0.121 e. The van der Waals surface area contributed by atoms with Gasteiger partial charge in [-0.05, 0) is 44.5 Å². The minimum atomic E-state index is -0.353. The number of nitrogens with one attached hydrogen (secondary N) is 1. The van der Waals surface area contributed by atoms with Crippen molar-refractivity contribution in [1.82, 2.24) is 0 Å². The molecule has 0 spiro atoms. The van der Waals surface area contributed by atoms with Gasteiger partial charge in [-0.3, -0.25) is 0 Å². The van der Waals surface area contributed by atoms with Crippen LogP contribution >= 0.6 is 0 Å². The van der Waals surface area contributed by atoms with Crippen molar-refractivity contribution in [3.05, 3.63) is 23.8 Å². The van der Waals surface area contributed by atoms with E-state index in [9.17, 15) is 0 Å². The summed E-state index contributed by atoms with van der Waals surface area (Å²) in [5.41, 5.74) is 1.75. The highest BCUT2D eigenvalue weighted by Crippen LogP contribution is 2.22. The van der Waals surface area contributed by atoms with E-state index in [1.165, 1.54) is 0 Å². The highest BCUT2D eigenvalue weighted by atomic mass is 16.5. The van der Waals surface area contributed by atoms with Gasteiger partial charge in [0.2, 0.25) is 0 Å². The van der Waals surface area contributed by atoms with Crippen molar-refractivity contribution in [2.45, 2.75) is 20.8 Å². The summed E-state index contributed by atoms with van der Waals surface area (Å²) < 4.78 is 5.19. The molecule has 0 aromatic heterocycles. The van der Waals surface area contributed by atoms with Crippen LogP contribution in [0.3, 0.4) is 0 Å². The predicted molar refractivity (Wildman–Crippen MR) is 65.6 cm³/mol. The molecule has 0 fully saturated rings. The lowest BCUT2D eigenvalue weighted by Gasteiger charge is -2.17. The number of hydrogen-bond donors (Lipinski definition) is 1. The third-order valence-electron chi connectivity index (χ3n) is 2.43. The molecule has 0 unspecified atom stereocenters. The molecule has 1 rings (SSSR count). The number of anilines is 1. The molecular formula is C13H18N2O. The second-order valence-electron chi connectivity index (χ2n) is 4.53.